The average Bonchev–Trinajstić information content (AvgIpc) is 3.10. The summed E-state index contributed by atoms with van der Waals surface area (Å²) in [6, 6.07) is 0.668. The SMILES string of the molecule is CCNC(=NCC1(SCC)CCOCC1)N1CCC(N(CC)CC)C1. The first-order valence-corrected chi connectivity index (χ1v) is 11.2. The minimum Gasteiger partial charge on any atom is -0.381 e. The van der Waals surface area contributed by atoms with Crippen molar-refractivity contribution >= 4 is 17.7 Å². The van der Waals surface area contributed by atoms with Crippen molar-refractivity contribution < 1.29 is 4.74 Å². The summed E-state index contributed by atoms with van der Waals surface area (Å²) in [7, 11) is 0. The number of aliphatic imine (C=N–C) groups is 1. The van der Waals surface area contributed by atoms with Gasteiger partial charge in [-0.25, -0.2) is 0 Å². The molecule has 0 spiro atoms. The van der Waals surface area contributed by atoms with Crippen LogP contribution in [0.15, 0.2) is 4.99 Å². The summed E-state index contributed by atoms with van der Waals surface area (Å²) in [6.07, 6.45) is 3.49. The van der Waals surface area contributed by atoms with Gasteiger partial charge in [0.2, 0.25) is 0 Å². The van der Waals surface area contributed by atoms with E-state index in [1.54, 1.807) is 0 Å². The highest BCUT2D eigenvalue weighted by molar-refractivity contribution is 8.00. The van der Waals surface area contributed by atoms with Gasteiger partial charge < -0.3 is 15.0 Å². The van der Waals surface area contributed by atoms with Crippen molar-refractivity contribution in [2.75, 3.05) is 58.2 Å². The number of likely N-dealkylation sites (N-methyl/N-ethyl adjacent to an activating group) is 1. The number of hydrogen-bond donors (Lipinski definition) is 1. The monoisotopic (exact) mass is 370 g/mol. The Morgan fingerprint density at radius 1 is 1.24 bits per heavy atom. The average molecular weight is 371 g/mol. The molecular formula is C19H38N4OS. The third kappa shape index (κ3) is 5.76. The highest BCUT2D eigenvalue weighted by atomic mass is 32.2. The van der Waals surface area contributed by atoms with Crippen LogP contribution in [-0.2, 0) is 4.74 Å². The second-order valence-corrected chi connectivity index (χ2v) is 8.74. The van der Waals surface area contributed by atoms with Gasteiger partial charge in [-0.05, 0) is 45.0 Å². The van der Waals surface area contributed by atoms with Gasteiger partial charge >= 0.3 is 0 Å². The van der Waals surface area contributed by atoms with Crippen molar-refractivity contribution in [1.29, 1.82) is 0 Å². The number of hydrogen-bond acceptors (Lipinski definition) is 4. The van der Waals surface area contributed by atoms with Gasteiger partial charge in [0.05, 0.1) is 6.54 Å². The predicted octanol–water partition coefficient (Wildman–Crippen LogP) is 2.67. The fourth-order valence-corrected chi connectivity index (χ4v) is 5.24. The van der Waals surface area contributed by atoms with E-state index in [0.29, 0.717) is 6.04 Å². The fraction of sp³-hybridized carbons (Fsp3) is 0.947. The van der Waals surface area contributed by atoms with Gasteiger partial charge in [-0.15, -0.1) is 0 Å². The van der Waals surface area contributed by atoms with E-state index < -0.39 is 0 Å². The zero-order valence-electron chi connectivity index (χ0n) is 16.7. The Balaban J connectivity index is 2.02. The molecule has 2 fully saturated rings. The van der Waals surface area contributed by atoms with E-state index in [0.717, 1.165) is 77.0 Å². The third-order valence-electron chi connectivity index (χ3n) is 5.50. The number of likely N-dealkylation sites (tertiary alicyclic amines) is 1. The molecule has 1 unspecified atom stereocenters. The summed E-state index contributed by atoms with van der Waals surface area (Å²) in [4.78, 5) is 10.1. The van der Waals surface area contributed by atoms with E-state index >= 15 is 0 Å². The van der Waals surface area contributed by atoms with Gasteiger partial charge in [-0.1, -0.05) is 20.8 Å². The van der Waals surface area contributed by atoms with Gasteiger partial charge in [-0.3, -0.25) is 9.89 Å². The lowest BCUT2D eigenvalue weighted by Gasteiger charge is -2.35. The Hall–Kier alpha value is -0.460. The molecule has 0 saturated carbocycles. The van der Waals surface area contributed by atoms with Crippen LogP contribution in [0.1, 0.15) is 47.0 Å². The Labute approximate surface area is 158 Å². The lowest BCUT2D eigenvalue weighted by Crippen LogP contribution is -2.44. The van der Waals surface area contributed by atoms with Crippen molar-refractivity contribution in [2.45, 2.75) is 57.7 Å². The first-order chi connectivity index (χ1) is 12.2. The number of rotatable bonds is 8. The highest BCUT2D eigenvalue weighted by Gasteiger charge is 2.33. The van der Waals surface area contributed by atoms with Crippen LogP contribution in [0.2, 0.25) is 0 Å². The van der Waals surface area contributed by atoms with Crippen LogP contribution >= 0.6 is 11.8 Å². The van der Waals surface area contributed by atoms with E-state index in [2.05, 4.69) is 54.6 Å². The normalized spacial score (nSPS) is 24.1. The van der Waals surface area contributed by atoms with Crippen LogP contribution in [0.4, 0.5) is 0 Å². The second-order valence-electron chi connectivity index (χ2n) is 7.01. The molecule has 0 aromatic rings. The van der Waals surface area contributed by atoms with Crippen molar-refractivity contribution in [3.63, 3.8) is 0 Å². The maximum atomic E-state index is 5.60. The predicted molar refractivity (Wildman–Crippen MR) is 110 cm³/mol. The summed E-state index contributed by atoms with van der Waals surface area (Å²) < 4.78 is 5.87. The molecule has 2 rings (SSSR count). The number of nitrogens with zero attached hydrogens (tertiary/aromatic N) is 3. The first kappa shape index (κ1) is 20.8. The Morgan fingerprint density at radius 2 is 1.96 bits per heavy atom. The molecule has 2 aliphatic heterocycles. The van der Waals surface area contributed by atoms with Gasteiger partial charge in [-0.2, -0.15) is 11.8 Å². The smallest absolute Gasteiger partial charge is 0.194 e. The first-order valence-electron chi connectivity index (χ1n) is 10.2. The molecule has 25 heavy (non-hydrogen) atoms. The number of nitrogens with one attached hydrogen (secondary N) is 1. The molecular weight excluding hydrogens is 332 g/mol. The zero-order valence-corrected chi connectivity index (χ0v) is 17.5. The molecule has 1 N–H and O–H groups in total. The van der Waals surface area contributed by atoms with Crippen LogP contribution < -0.4 is 5.32 Å². The van der Waals surface area contributed by atoms with Crippen molar-refractivity contribution in [3.05, 3.63) is 0 Å². The van der Waals surface area contributed by atoms with E-state index in [9.17, 15) is 0 Å². The molecule has 0 bridgehead atoms. The van der Waals surface area contributed by atoms with Crippen LogP contribution in [-0.4, -0.2) is 84.8 Å². The summed E-state index contributed by atoms with van der Waals surface area (Å²) in [6.45, 7) is 17.0. The minimum atomic E-state index is 0.270. The molecule has 146 valence electrons. The molecule has 0 aliphatic carbocycles. The zero-order chi connectivity index (χ0) is 18.1. The Kier molecular flexibility index (Phi) is 8.87. The quantitative estimate of drug-likeness (QED) is 0.525. The number of thioether (sulfide) groups is 1. The summed E-state index contributed by atoms with van der Waals surface area (Å²) in [5, 5.41) is 3.54. The molecule has 1 atom stereocenters. The molecule has 2 aliphatic rings. The Morgan fingerprint density at radius 3 is 2.56 bits per heavy atom. The topological polar surface area (TPSA) is 40.1 Å². The second kappa shape index (κ2) is 10.6. The van der Waals surface area contributed by atoms with Crippen LogP contribution in [0.25, 0.3) is 0 Å². The summed E-state index contributed by atoms with van der Waals surface area (Å²) >= 11 is 2.07. The van der Waals surface area contributed by atoms with E-state index in [1.807, 2.05) is 0 Å². The van der Waals surface area contributed by atoms with E-state index in [-0.39, 0.29) is 4.75 Å². The molecule has 0 amide bonds. The molecule has 0 aromatic carbocycles. The van der Waals surface area contributed by atoms with Crippen LogP contribution in [0, 0.1) is 0 Å². The number of guanidine groups is 1. The van der Waals surface area contributed by atoms with Crippen molar-refractivity contribution in [3.8, 4) is 0 Å². The molecule has 0 aromatic heterocycles. The van der Waals surface area contributed by atoms with Crippen LogP contribution in [0.3, 0.4) is 0 Å². The molecule has 6 heteroatoms. The van der Waals surface area contributed by atoms with Gasteiger partial charge in [0.1, 0.15) is 0 Å². The maximum Gasteiger partial charge on any atom is 0.194 e. The van der Waals surface area contributed by atoms with Gasteiger partial charge in [0.15, 0.2) is 5.96 Å². The van der Waals surface area contributed by atoms with E-state index in [1.165, 1.54) is 6.42 Å². The lowest BCUT2D eigenvalue weighted by atomic mass is 9.99. The molecule has 5 nitrogen and oxygen atoms in total. The van der Waals surface area contributed by atoms with E-state index in [4.69, 9.17) is 9.73 Å². The third-order valence-corrected chi connectivity index (χ3v) is 6.94. The fourth-order valence-electron chi connectivity index (χ4n) is 4.01. The van der Waals surface area contributed by atoms with Crippen molar-refractivity contribution in [2.24, 2.45) is 4.99 Å². The largest absolute Gasteiger partial charge is 0.381 e. The number of ether oxygens (including phenoxy) is 1. The minimum absolute atomic E-state index is 0.270. The maximum absolute atomic E-state index is 5.60. The summed E-state index contributed by atoms with van der Waals surface area (Å²) in [5.41, 5.74) is 0. The summed E-state index contributed by atoms with van der Waals surface area (Å²) in [5.74, 6) is 2.26. The Bertz CT molecular complexity index is 403. The standard InChI is InChI=1S/C19H38N4OS/c1-5-20-18(23-12-9-17(15-23)22(6-2)7-3)21-16-19(25-8-4)10-13-24-14-11-19/h17H,5-16H2,1-4H3,(H,20,21). The van der Waals surface area contributed by atoms with Gasteiger partial charge in [0.25, 0.3) is 0 Å². The highest BCUT2D eigenvalue weighted by Crippen LogP contribution is 2.35. The molecule has 0 radical (unpaired) electrons. The van der Waals surface area contributed by atoms with Crippen LogP contribution in [0.5, 0.6) is 0 Å². The lowest BCUT2D eigenvalue weighted by molar-refractivity contribution is 0.0793. The molecule has 2 saturated heterocycles. The molecule has 2 heterocycles. The van der Waals surface area contributed by atoms with Crippen molar-refractivity contribution in [1.82, 2.24) is 15.1 Å². The van der Waals surface area contributed by atoms with Gasteiger partial charge in [0, 0.05) is 43.6 Å².